The van der Waals surface area contributed by atoms with Crippen LogP contribution in [0.4, 0.5) is 4.79 Å². The number of aromatic nitrogens is 1. The lowest BCUT2D eigenvalue weighted by molar-refractivity contribution is 0.0627. The number of likely N-dealkylation sites (tertiary alicyclic amines) is 1. The Kier molecular flexibility index (Phi) is 3.73. The van der Waals surface area contributed by atoms with Crippen molar-refractivity contribution in [1.82, 2.24) is 14.8 Å². The van der Waals surface area contributed by atoms with E-state index in [4.69, 9.17) is 4.74 Å². The highest BCUT2D eigenvalue weighted by atomic mass is 16.6. The van der Waals surface area contributed by atoms with Gasteiger partial charge in [-0.05, 0) is 22.8 Å². The van der Waals surface area contributed by atoms with Gasteiger partial charge in [-0.15, -0.1) is 0 Å². The van der Waals surface area contributed by atoms with Crippen molar-refractivity contribution in [3.63, 3.8) is 0 Å². The van der Waals surface area contributed by atoms with Crippen molar-refractivity contribution in [3.05, 3.63) is 54.4 Å². The SMILES string of the molecule is CN1C[C@@]2(CCN(Cc3ccc(-c4cccnc4)cc3)C2)OC1=O. The van der Waals surface area contributed by atoms with Gasteiger partial charge in [0.25, 0.3) is 0 Å². The molecule has 2 aliphatic heterocycles. The first-order valence-corrected chi connectivity index (χ1v) is 8.29. The average Bonchev–Trinajstić information content (AvgIpc) is 3.11. The van der Waals surface area contributed by atoms with Crippen LogP contribution >= 0.6 is 0 Å². The maximum Gasteiger partial charge on any atom is 0.410 e. The van der Waals surface area contributed by atoms with Crippen molar-refractivity contribution < 1.29 is 9.53 Å². The number of likely N-dealkylation sites (N-methyl/N-ethyl adjacent to an activating group) is 1. The molecule has 2 saturated heterocycles. The molecule has 1 spiro atoms. The number of carbonyl (C=O) groups is 1. The molecule has 0 N–H and O–H groups in total. The lowest BCUT2D eigenvalue weighted by Gasteiger charge is -2.21. The van der Waals surface area contributed by atoms with Gasteiger partial charge in [-0.1, -0.05) is 30.3 Å². The maximum atomic E-state index is 11.7. The van der Waals surface area contributed by atoms with Crippen LogP contribution in [0, 0.1) is 0 Å². The van der Waals surface area contributed by atoms with E-state index in [2.05, 4.69) is 40.2 Å². The zero-order valence-electron chi connectivity index (χ0n) is 13.8. The van der Waals surface area contributed by atoms with E-state index in [1.165, 1.54) is 11.1 Å². The number of amides is 1. The number of carbonyl (C=O) groups excluding carboxylic acids is 1. The van der Waals surface area contributed by atoms with E-state index in [-0.39, 0.29) is 11.7 Å². The van der Waals surface area contributed by atoms with Gasteiger partial charge in [0.15, 0.2) is 0 Å². The van der Waals surface area contributed by atoms with E-state index in [0.29, 0.717) is 6.54 Å². The standard InChI is InChI=1S/C19H21N3O2/c1-21-13-19(24-18(21)23)8-10-22(14-19)12-15-4-6-16(7-5-15)17-3-2-9-20-11-17/h2-7,9,11H,8,10,12-14H2,1H3/t19-/m1/s1. The molecule has 24 heavy (non-hydrogen) atoms. The Bertz CT molecular complexity index is 732. The summed E-state index contributed by atoms with van der Waals surface area (Å²) in [5, 5.41) is 0. The molecule has 0 aliphatic carbocycles. The van der Waals surface area contributed by atoms with Gasteiger partial charge >= 0.3 is 6.09 Å². The molecule has 2 aliphatic rings. The van der Waals surface area contributed by atoms with Crippen LogP contribution in [0.15, 0.2) is 48.8 Å². The lowest BCUT2D eigenvalue weighted by Crippen LogP contribution is -2.37. The largest absolute Gasteiger partial charge is 0.439 e. The zero-order chi connectivity index (χ0) is 16.6. The van der Waals surface area contributed by atoms with Crippen LogP contribution in [0.5, 0.6) is 0 Å². The molecule has 1 atom stereocenters. The van der Waals surface area contributed by atoms with Crippen molar-refractivity contribution in [1.29, 1.82) is 0 Å². The Morgan fingerprint density at radius 1 is 1.17 bits per heavy atom. The first kappa shape index (κ1) is 15.1. The topological polar surface area (TPSA) is 45.7 Å². The molecule has 0 bridgehead atoms. The molecule has 5 nitrogen and oxygen atoms in total. The molecule has 2 aromatic rings. The highest BCUT2D eigenvalue weighted by Crippen LogP contribution is 2.32. The Morgan fingerprint density at radius 2 is 2.00 bits per heavy atom. The summed E-state index contributed by atoms with van der Waals surface area (Å²) >= 11 is 0. The van der Waals surface area contributed by atoms with Crippen molar-refractivity contribution >= 4 is 6.09 Å². The highest BCUT2D eigenvalue weighted by Gasteiger charge is 2.48. The summed E-state index contributed by atoms with van der Waals surface area (Å²) < 4.78 is 5.61. The fraction of sp³-hybridized carbons (Fsp3) is 0.368. The summed E-state index contributed by atoms with van der Waals surface area (Å²) in [5.41, 5.74) is 3.28. The summed E-state index contributed by atoms with van der Waals surface area (Å²) in [4.78, 5) is 19.9. The number of ether oxygens (including phenoxy) is 1. The molecule has 2 fully saturated rings. The van der Waals surface area contributed by atoms with Gasteiger partial charge in [-0.2, -0.15) is 0 Å². The van der Waals surface area contributed by atoms with E-state index in [0.717, 1.165) is 31.6 Å². The summed E-state index contributed by atoms with van der Waals surface area (Å²) in [5.74, 6) is 0. The molecule has 1 aromatic carbocycles. The number of nitrogens with zero attached hydrogens (tertiary/aromatic N) is 3. The molecule has 0 unspecified atom stereocenters. The third-order valence-electron chi connectivity index (χ3n) is 4.89. The number of rotatable bonds is 3. The quantitative estimate of drug-likeness (QED) is 0.871. The van der Waals surface area contributed by atoms with Gasteiger partial charge in [0.05, 0.1) is 6.54 Å². The minimum Gasteiger partial charge on any atom is -0.439 e. The molecule has 1 amide bonds. The summed E-state index contributed by atoms with van der Waals surface area (Å²) in [6.45, 7) is 3.36. The number of hydrogen-bond acceptors (Lipinski definition) is 4. The van der Waals surface area contributed by atoms with Crippen LogP contribution in [0.2, 0.25) is 0 Å². The minimum atomic E-state index is -0.304. The Morgan fingerprint density at radius 3 is 2.67 bits per heavy atom. The van der Waals surface area contributed by atoms with E-state index in [1.54, 1.807) is 18.1 Å². The first-order valence-electron chi connectivity index (χ1n) is 8.29. The smallest absolute Gasteiger partial charge is 0.410 e. The average molecular weight is 323 g/mol. The molecule has 3 heterocycles. The van der Waals surface area contributed by atoms with E-state index < -0.39 is 0 Å². The zero-order valence-corrected chi connectivity index (χ0v) is 13.8. The van der Waals surface area contributed by atoms with Crippen molar-refractivity contribution in [3.8, 4) is 11.1 Å². The van der Waals surface area contributed by atoms with Crippen molar-refractivity contribution in [2.75, 3.05) is 26.7 Å². The Hall–Kier alpha value is -2.40. The monoisotopic (exact) mass is 323 g/mol. The van der Waals surface area contributed by atoms with Gasteiger partial charge in [0.1, 0.15) is 5.60 Å². The number of pyridine rings is 1. The molecule has 124 valence electrons. The van der Waals surface area contributed by atoms with Crippen molar-refractivity contribution in [2.45, 2.75) is 18.6 Å². The van der Waals surface area contributed by atoms with Gasteiger partial charge in [0.2, 0.25) is 0 Å². The second kappa shape index (κ2) is 5.91. The van der Waals surface area contributed by atoms with E-state index in [9.17, 15) is 4.79 Å². The van der Waals surface area contributed by atoms with Gasteiger partial charge in [-0.3, -0.25) is 9.88 Å². The summed E-state index contributed by atoms with van der Waals surface area (Å²) in [6, 6.07) is 12.6. The predicted molar refractivity (Wildman–Crippen MR) is 91.4 cm³/mol. The third kappa shape index (κ3) is 2.87. The maximum absolute atomic E-state index is 11.7. The fourth-order valence-corrected chi connectivity index (χ4v) is 3.66. The summed E-state index contributed by atoms with van der Waals surface area (Å²) in [7, 11) is 1.80. The Labute approximate surface area is 141 Å². The highest BCUT2D eigenvalue weighted by molar-refractivity contribution is 5.70. The molecular weight excluding hydrogens is 302 g/mol. The molecular formula is C19H21N3O2. The normalized spacial score (nSPS) is 23.9. The van der Waals surface area contributed by atoms with Crippen LogP contribution in [-0.2, 0) is 11.3 Å². The van der Waals surface area contributed by atoms with Gasteiger partial charge in [0, 0.05) is 45.5 Å². The number of hydrogen-bond donors (Lipinski definition) is 0. The van der Waals surface area contributed by atoms with Crippen LogP contribution < -0.4 is 0 Å². The predicted octanol–water partition coefficient (Wildman–Crippen LogP) is 2.78. The van der Waals surface area contributed by atoms with Crippen LogP contribution in [-0.4, -0.2) is 53.2 Å². The van der Waals surface area contributed by atoms with E-state index in [1.807, 2.05) is 12.3 Å². The molecule has 5 heteroatoms. The molecule has 4 rings (SSSR count). The van der Waals surface area contributed by atoms with Gasteiger partial charge in [-0.25, -0.2) is 4.79 Å². The summed E-state index contributed by atoms with van der Waals surface area (Å²) in [6.07, 6.45) is 4.38. The molecule has 1 aromatic heterocycles. The van der Waals surface area contributed by atoms with Crippen LogP contribution in [0.1, 0.15) is 12.0 Å². The van der Waals surface area contributed by atoms with Gasteiger partial charge < -0.3 is 9.64 Å². The first-order chi connectivity index (χ1) is 11.6. The third-order valence-corrected chi connectivity index (χ3v) is 4.89. The lowest BCUT2D eigenvalue weighted by atomic mass is 10.0. The molecule has 0 radical (unpaired) electrons. The second-order valence-electron chi connectivity index (χ2n) is 6.81. The van der Waals surface area contributed by atoms with Crippen molar-refractivity contribution in [2.24, 2.45) is 0 Å². The van der Waals surface area contributed by atoms with E-state index >= 15 is 0 Å². The van der Waals surface area contributed by atoms with Crippen LogP contribution in [0.25, 0.3) is 11.1 Å². The Balaban J connectivity index is 1.41. The number of benzene rings is 1. The fourth-order valence-electron chi connectivity index (χ4n) is 3.66. The minimum absolute atomic E-state index is 0.197. The second-order valence-corrected chi connectivity index (χ2v) is 6.81. The molecule has 0 saturated carbocycles. The van der Waals surface area contributed by atoms with Crippen LogP contribution in [0.3, 0.4) is 0 Å².